The number of carbonyl (C=O) groups excluding carboxylic acids is 1. The molecule has 138 valence electrons. The van der Waals surface area contributed by atoms with Crippen LogP contribution in [-0.2, 0) is 17.5 Å². The Morgan fingerprint density at radius 2 is 1.88 bits per heavy atom. The minimum Gasteiger partial charge on any atom is -0.507 e. The van der Waals surface area contributed by atoms with Crippen LogP contribution in [0.2, 0.25) is 0 Å². The van der Waals surface area contributed by atoms with Gasteiger partial charge in [0.25, 0.3) is 5.56 Å². The number of hydrogen-bond donors (Lipinski definition) is 1. The molecule has 9 heteroatoms. The quantitative estimate of drug-likeness (QED) is 0.903. The fourth-order valence-electron chi connectivity index (χ4n) is 2.90. The summed E-state index contributed by atoms with van der Waals surface area (Å²) in [6.07, 6.45) is -0.424. The Labute approximate surface area is 146 Å². The average Bonchev–Trinajstić information content (AvgIpc) is 3.11. The summed E-state index contributed by atoms with van der Waals surface area (Å²) in [5.41, 5.74) is -1.78. The van der Waals surface area contributed by atoms with Crippen molar-refractivity contribution in [1.82, 2.24) is 14.5 Å². The first-order chi connectivity index (χ1) is 12.3. The second kappa shape index (κ2) is 6.81. The lowest BCUT2D eigenvalue weighted by molar-refractivity contribution is -0.137. The maximum absolute atomic E-state index is 12.7. The van der Waals surface area contributed by atoms with E-state index in [2.05, 4.69) is 4.98 Å². The van der Waals surface area contributed by atoms with Crippen LogP contribution in [0.5, 0.6) is 5.75 Å². The first-order valence-electron chi connectivity index (χ1n) is 8.00. The highest BCUT2D eigenvalue weighted by Crippen LogP contribution is 2.35. The molecular formula is C17H16F3N3O3. The standard InChI is InChI=1S/C17H16F3N3O3/c18-17(19,20)11-3-4-12(14(24)7-11)13-8-21-10-23(16(13)26)9-15(25)22-5-1-2-6-22/h3-4,7-8,10,24H,1-2,5-6,9H2. The number of alkyl halides is 3. The molecule has 0 bridgehead atoms. The smallest absolute Gasteiger partial charge is 0.416 e. The Morgan fingerprint density at radius 1 is 1.19 bits per heavy atom. The van der Waals surface area contributed by atoms with E-state index in [1.807, 2.05) is 0 Å². The molecule has 3 rings (SSSR count). The molecule has 1 saturated heterocycles. The molecule has 1 fully saturated rings. The lowest BCUT2D eigenvalue weighted by Crippen LogP contribution is -2.35. The fraction of sp³-hybridized carbons (Fsp3) is 0.353. The van der Waals surface area contributed by atoms with E-state index in [0.29, 0.717) is 19.2 Å². The normalized spacial score (nSPS) is 14.7. The van der Waals surface area contributed by atoms with Crippen LogP contribution >= 0.6 is 0 Å². The minimum absolute atomic E-state index is 0.0709. The summed E-state index contributed by atoms with van der Waals surface area (Å²) in [4.78, 5) is 30.3. The van der Waals surface area contributed by atoms with E-state index in [1.165, 1.54) is 6.33 Å². The average molecular weight is 367 g/mol. The van der Waals surface area contributed by atoms with Crippen molar-refractivity contribution in [3.05, 3.63) is 46.6 Å². The van der Waals surface area contributed by atoms with Gasteiger partial charge in [0, 0.05) is 24.8 Å². The second-order valence-electron chi connectivity index (χ2n) is 6.06. The zero-order chi connectivity index (χ0) is 18.9. The van der Waals surface area contributed by atoms with Crippen LogP contribution in [0.15, 0.2) is 35.5 Å². The molecule has 0 spiro atoms. The van der Waals surface area contributed by atoms with Gasteiger partial charge >= 0.3 is 6.18 Å². The maximum Gasteiger partial charge on any atom is 0.416 e. The number of phenols is 1. The summed E-state index contributed by atoms with van der Waals surface area (Å²) in [7, 11) is 0. The molecule has 0 saturated carbocycles. The van der Waals surface area contributed by atoms with Crippen molar-refractivity contribution in [2.24, 2.45) is 0 Å². The minimum atomic E-state index is -4.60. The summed E-state index contributed by atoms with van der Waals surface area (Å²) in [6, 6.07) is 2.35. The Balaban J connectivity index is 1.92. The Kier molecular flexibility index (Phi) is 4.71. The molecule has 0 unspecified atom stereocenters. The van der Waals surface area contributed by atoms with Crippen LogP contribution in [0.4, 0.5) is 13.2 Å². The van der Waals surface area contributed by atoms with Crippen molar-refractivity contribution in [2.45, 2.75) is 25.6 Å². The number of benzene rings is 1. The number of aromatic hydroxyl groups is 1. The largest absolute Gasteiger partial charge is 0.507 e. The lowest BCUT2D eigenvalue weighted by Gasteiger charge is -2.16. The first kappa shape index (κ1) is 18.0. The van der Waals surface area contributed by atoms with Crippen molar-refractivity contribution in [2.75, 3.05) is 13.1 Å². The zero-order valence-corrected chi connectivity index (χ0v) is 13.7. The number of hydrogen-bond acceptors (Lipinski definition) is 4. The van der Waals surface area contributed by atoms with E-state index in [4.69, 9.17) is 0 Å². The maximum atomic E-state index is 12.7. The van der Waals surface area contributed by atoms with Gasteiger partial charge in [0.05, 0.1) is 17.5 Å². The van der Waals surface area contributed by atoms with E-state index < -0.39 is 23.0 Å². The second-order valence-corrected chi connectivity index (χ2v) is 6.06. The lowest BCUT2D eigenvalue weighted by atomic mass is 10.0. The molecule has 1 aliphatic heterocycles. The summed E-state index contributed by atoms with van der Waals surface area (Å²) < 4.78 is 39.2. The van der Waals surface area contributed by atoms with Gasteiger partial charge in [0.15, 0.2) is 0 Å². The van der Waals surface area contributed by atoms with Crippen LogP contribution in [0.1, 0.15) is 18.4 Å². The molecule has 1 N–H and O–H groups in total. The summed E-state index contributed by atoms with van der Waals surface area (Å²) in [6.45, 7) is 1.07. The van der Waals surface area contributed by atoms with E-state index in [-0.39, 0.29) is 23.6 Å². The van der Waals surface area contributed by atoms with Gasteiger partial charge in [-0.3, -0.25) is 14.2 Å². The number of likely N-dealkylation sites (tertiary alicyclic amines) is 1. The molecule has 1 aromatic carbocycles. The number of nitrogens with zero attached hydrogens (tertiary/aromatic N) is 3. The van der Waals surface area contributed by atoms with Gasteiger partial charge in [0.2, 0.25) is 5.91 Å². The number of halogens is 3. The van der Waals surface area contributed by atoms with E-state index in [1.54, 1.807) is 4.90 Å². The number of phenolic OH excluding ortho intramolecular Hbond substituents is 1. The number of aromatic nitrogens is 2. The molecule has 1 amide bonds. The van der Waals surface area contributed by atoms with Gasteiger partial charge in [-0.1, -0.05) is 0 Å². The van der Waals surface area contributed by atoms with Crippen LogP contribution in [0.25, 0.3) is 11.1 Å². The highest BCUT2D eigenvalue weighted by molar-refractivity contribution is 5.76. The van der Waals surface area contributed by atoms with Crippen LogP contribution < -0.4 is 5.56 Å². The van der Waals surface area contributed by atoms with Crippen LogP contribution in [-0.4, -0.2) is 38.6 Å². The number of rotatable bonds is 3. The van der Waals surface area contributed by atoms with Crippen LogP contribution in [0, 0.1) is 0 Å². The van der Waals surface area contributed by atoms with Gasteiger partial charge in [0.1, 0.15) is 12.3 Å². The Bertz CT molecular complexity index is 887. The molecule has 2 aromatic rings. The molecule has 2 heterocycles. The topological polar surface area (TPSA) is 75.4 Å². The molecule has 1 aromatic heterocycles. The van der Waals surface area contributed by atoms with Crippen molar-refractivity contribution in [3.63, 3.8) is 0 Å². The number of carbonyl (C=O) groups is 1. The highest BCUT2D eigenvalue weighted by Gasteiger charge is 2.31. The third-order valence-electron chi connectivity index (χ3n) is 4.28. The fourth-order valence-corrected chi connectivity index (χ4v) is 2.90. The van der Waals surface area contributed by atoms with E-state index in [0.717, 1.165) is 35.7 Å². The molecule has 0 atom stereocenters. The van der Waals surface area contributed by atoms with Gasteiger partial charge in [-0.15, -0.1) is 0 Å². The first-order valence-corrected chi connectivity index (χ1v) is 8.00. The van der Waals surface area contributed by atoms with Crippen molar-refractivity contribution in [1.29, 1.82) is 0 Å². The SMILES string of the molecule is O=C(Cn1cncc(-c2ccc(C(F)(F)F)cc2O)c1=O)N1CCCC1. The third kappa shape index (κ3) is 3.56. The third-order valence-corrected chi connectivity index (χ3v) is 4.28. The van der Waals surface area contributed by atoms with Gasteiger partial charge in [-0.25, -0.2) is 4.98 Å². The molecule has 0 radical (unpaired) electrons. The van der Waals surface area contributed by atoms with Gasteiger partial charge in [-0.2, -0.15) is 13.2 Å². The molecule has 6 nitrogen and oxygen atoms in total. The van der Waals surface area contributed by atoms with Gasteiger partial charge in [-0.05, 0) is 31.0 Å². The zero-order valence-electron chi connectivity index (χ0n) is 13.7. The molecule has 0 aliphatic carbocycles. The predicted octanol–water partition coefficient (Wildman–Crippen LogP) is 2.26. The summed E-state index contributed by atoms with van der Waals surface area (Å²) in [5.74, 6) is -0.900. The predicted molar refractivity (Wildman–Crippen MR) is 86.4 cm³/mol. The molecule has 1 aliphatic rings. The number of amides is 1. The van der Waals surface area contributed by atoms with Crippen molar-refractivity contribution < 1.29 is 23.1 Å². The van der Waals surface area contributed by atoms with E-state index in [9.17, 15) is 27.9 Å². The molecular weight excluding hydrogens is 351 g/mol. The Morgan fingerprint density at radius 3 is 2.50 bits per heavy atom. The summed E-state index contributed by atoms with van der Waals surface area (Å²) in [5, 5.41) is 9.93. The van der Waals surface area contributed by atoms with Crippen molar-refractivity contribution in [3.8, 4) is 16.9 Å². The molecule has 26 heavy (non-hydrogen) atoms. The van der Waals surface area contributed by atoms with E-state index >= 15 is 0 Å². The Hall–Kier alpha value is -2.84. The monoisotopic (exact) mass is 367 g/mol. The highest BCUT2D eigenvalue weighted by atomic mass is 19.4. The van der Waals surface area contributed by atoms with Crippen molar-refractivity contribution >= 4 is 5.91 Å². The summed E-state index contributed by atoms with van der Waals surface area (Å²) >= 11 is 0. The van der Waals surface area contributed by atoms with Crippen LogP contribution in [0.3, 0.4) is 0 Å². The van der Waals surface area contributed by atoms with Gasteiger partial charge < -0.3 is 10.0 Å².